The van der Waals surface area contributed by atoms with Gasteiger partial charge in [-0.3, -0.25) is 0 Å². The summed E-state index contributed by atoms with van der Waals surface area (Å²) in [7, 11) is 0. The van der Waals surface area contributed by atoms with Crippen molar-refractivity contribution in [3.8, 4) is 0 Å². The summed E-state index contributed by atoms with van der Waals surface area (Å²) in [6.45, 7) is 5.23. The van der Waals surface area contributed by atoms with E-state index in [0.717, 1.165) is 16.7 Å². The van der Waals surface area contributed by atoms with Crippen molar-refractivity contribution in [2.75, 3.05) is 6.61 Å². The van der Waals surface area contributed by atoms with E-state index in [-0.39, 0.29) is 12.7 Å². The van der Waals surface area contributed by atoms with Gasteiger partial charge in [0.15, 0.2) is 6.29 Å². The molecule has 0 saturated carbocycles. The van der Waals surface area contributed by atoms with Gasteiger partial charge in [-0.1, -0.05) is 91.0 Å². The van der Waals surface area contributed by atoms with Crippen molar-refractivity contribution in [2.45, 2.75) is 70.5 Å². The maximum Gasteiger partial charge on any atom is 0.186 e. The molecule has 0 amide bonds. The second-order valence-electron chi connectivity index (χ2n) is 9.24. The summed E-state index contributed by atoms with van der Waals surface area (Å²) >= 11 is 0. The van der Waals surface area contributed by atoms with Crippen LogP contribution in [0.15, 0.2) is 91.0 Å². The minimum absolute atomic E-state index is 0.132. The van der Waals surface area contributed by atoms with Crippen LogP contribution in [-0.2, 0) is 43.5 Å². The Kier molecular flexibility index (Phi) is 10.0. The van der Waals surface area contributed by atoms with Crippen LogP contribution in [0.1, 0.15) is 30.5 Å². The fraction of sp³-hybridized carbons (Fsp3) is 0.400. The quantitative estimate of drug-likeness (QED) is 0.389. The molecule has 0 bridgehead atoms. The summed E-state index contributed by atoms with van der Waals surface area (Å²) in [5.41, 5.74) is 3.11. The number of aliphatic hydroxyl groups excluding tert-OH is 1. The number of benzene rings is 3. The molecule has 1 heterocycles. The molecule has 36 heavy (non-hydrogen) atoms. The Morgan fingerprint density at radius 2 is 1.17 bits per heavy atom. The van der Waals surface area contributed by atoms with Gasteiger partial charge < -0.3 is 28.8 Å². The smallest absolute Gasteiger partial charge is 0.186 e. The van der Waals surface area contributed by atoms with Gasteiger partial charge in [-0.25, -0.2) is 0 Å². The minimum Gasteiger partial charge on any atom is -0.385 e. The first-order valence-corrected chi connectivity index (χ1v) is 12.5. The third-order valence-corrected chi connectivity index (χ3v) is 5.99. The van der Waals surface area contributed by atoms with Crippen molar-refractivity contribution in [1.82, 2.24) is 0 Å². The molecule has 0 aromatic heterocycles. The average Bonchev–Trinajstić information content (AvgIpc) is 2.90. The Hall–Kier alpha value is -2.58. The molecule has 192 valence electrons. The lowest BCUT2D eigenvalue weighted by molar-refractivity contribution is -0.325. The van der Waals surface area contributed by atoms with E-state index in [2.05, 4.69) is 0 Å². The van der Waals surface area contributed by atoms with Crippen LogP contribution in [0, 0.1) is 0 Å². The van der Waals surface area contributed by atoms with Crippen LogP contribution in [0.2, 0.25) is 0 Å². The predicted octanol–water partition coefficient (Wildman–Crippen LogP) is 4.88. The molecule has 0 radical (unpaired) electrons. The summed E-state index contributed by atoms with van der Waals surface area (Å²) in [6.07, 6.45) is -3.74. The third kappa shape index (κ3) is 7.71. The number of hydrogen-bond donors (Lipinski definition) is 1. The third-order valence-electron chi connectivity index (χ3n) is 5.99. The lowest BCUT2D eigenvalue weighted by Crippen LogP contribution is -2.61. The number of rotatable bonds is 12. The fourth-order valence-electron chi connectivity index (χ4n) is 4.20. The second kappa shape index (κ2) is 13.7. The molecule has 1 saturated heterocycles. The molecule has 1 N–H and O–H groups in total. The highest BCUT2D eigenvalue weighted by atomic mass is 16.7. The van der Waals surface area contributed by atoms with E-state index < -0.39 is 30.7 Å². The Morgan fingerprint density at radius 3 is 1.67 bits per heavy atom. The summed E-state index contributed by atoms with van der Waals surface area (Å²) in [6, 6.07) is 29.8. The van der Waals surface area contributed by atoms with Gasteiger partial charge in [-0.05, 0) is 30.5 Å². The van der Waals surface area contributed by atoms with Gasteiger partial charge in [-0.15, -0.1) is 0 Å². The van der Waals surface area contributed by atoms with E-state index in [0.29, 0.717) is 19.8 Å². The molecule has 4 rings (SSSR count). The van der Waals surface area contributed by atoms with Crippen LogP contribution in [0.3, 0.4) is 0 Å². The van der Waals surface area contributed by atoms with Gasteiger partial charge in [0.25, 0.3) is 0 Å². The first-order chi connectivity index (χ1) is 17.6. The zero-order valence-corrected chi connectivity index (χ0v) is 20.9. The van der Waals surface area contributed by atoms with E-state index in [1.54, 1.807) is 0 Å². The van der Waals surface area contributed by atoms with E-state index in [1.807, 2.05) is 105 Å². The van der Waals surface area contributed by atoms with E-state index >= 15 is 0 Å². The standard InChI is InChI=1S/C30H36O6/c1-22(2)35-30-27(31)29(34-20-25-16-10-5-11-17-25)28(33-19-24-14-8-4-9-15-24)26(36-30)21-32-18-23-12-6-3-7-13-23/h3-17,22,26-31H,18-21H2,1-2H3/t26-,27-,28-,29-,30-/m1/s1. The molecule has 6 heteroatoms. The van der Waals surface area contributed by atoms with Gasteiger partial charge in [0, 0.05) is 0 Å². The fourth-order valence-corrected chi connectivity index (χ4v) is 4.20. The molecule has 1 aliphatic heterocycles. The normalized spacial score (nSPS) is 24.2. The van der Waals surface area contributed by atoms with Crippen molar-refractivity contribution in [3.63, 3.8) is 0 Å². The predicted molar refractivity (Wildman–Crippen MR) is 137 cm³/mol. The summed E-state index contributed by atoms with van der Waals surface area (Å²) in [5.74, 6) is 0. The largest absolute Gasteiger partial charge is 0.385 e. The average molecular weight is 493 g/mol. The zero-order chi connectivity index (χ0) is 25.2. The molecule has 3 aromatic rings. The van der Waals surface area contributed by atoms with Crippen LogP contribution in [0.5, 0.6) is 0 Å². The Bertz CT molecular complexity index is 998. The highest BCUT2D eigenvalue weighted by Crippen LogP contribution is 2.29. The van der Waals surface area contributed by atoms with Gasteiger partial charge in [-0.2, -0.15) is 0 Å². The first kappa shape index (κ1) is 26.5. The van der Waals surface area contributed by atoms with Crippen LogP contribution in [0.4, 0.5) is 0 Å². The zero-order valence-electron chi connectivity index (χ0n) is 20.9. The van der Waals surface area contributed by atoms with E-state index in [4.69, 9.17) is 23.7 Å². The van der Waals surface area contributed by atoms with Crippen LogP contribution in [-0.4, -0.2) is 48.5 Å². The van der Waals surface area contributed by atoms with Gasteiger partial charge in [0.1, 0.15) is 24.4 Å². The summed E-state index contributed by atoms with van der Waals surface area (Å²) in [4.78, 5) is 0. The molecule has 1 fully saturated rings. The molecule has 6 nitrogen and oxygen atoms in total. The van der Waals surface area contributed by atoms with Crippen LogP contribution in [0.25, 0.3) is 0 Å². The molecule has 1 aliphatic rings. The summed E-state index contributed by atoms with van der Waals surface area (Å²) in [5, 5.41) is 11.2. The van der Waals surface area contributed by atoms with E-state index in [1.165, 1.54) is 0 Å². The van der Waals surface area contributed by atoms with Gasteiger partial charge >= 0.3 is 0 Å². The van der Waals surface area contributed by atoms with Crippen molar-refractivity contribution < 1.29 is 28.8 Å². The lowest BCUT2D eigenvalue weighted by atomic mass is 9.98. The van der Waals surface area contributed by atoms with Crippen molar-refractivity contribution in [3.05, 3.63) is 108 Å². The highest BCUT2D eigenvalue weighted by Gasteiger charge is 2.47. The molecule has 3 aromatic carbocycles. The lowest BCUT2D eigenvalue weighted by Gasteiger charge is -2.44. The molecule has 5 atom stereocenters. The molecule has 0 spiro atoms. The van der Waals surface area contributed by atoms with Gasteiger partial charge in [0.2, 0.25) is 0 Å². The van der Waals surface area contributed by atoms with E-state index in [9.17, 15) is 5.11 Å². The maximum atomic E-state index is 11.2. The van der Waals surface area contributed by atoms with Crippen LogP contribution >= 0.6 is 0 Å². The Morgan fingerprint density at radius 1 is 0.694 bits per heavy atom. The van der Waals surface area contributed by atoms with Crippen molar-refractivity contribution >= 4 is 0 Å². The monoisotopic (exact) mass is 492 g/mol. The first-order valence-electron chi connectivity index (χ1n) is 12.5. The Balaban J connectivity index is 1.52. The minimum atomic E-state index is -1.03. The molecular formula is C30H36O6. The van der Waals surface area contributed by atoms with Crippen molar-refractivity contribution in [2.24, 2.45) is 0 Å². The number of ether oxygens (including phenoxy) is 5. The van der Waals surface area contributed by atoms with Crippen molar-refractivity contribution in [1.29, 1.82) is 0 Å². The molecule has 0 unspecified atom stereocenters. The molecular weight excluding hydrogens is 456 g/mol. The number of hydrogen-bond acceptors (Lipinski definition) is 6. The molecule has 0 aliphatic carbocycles. The Labute approximate surface area is 213 Å². The number of aliphatic hydroxyl groups is 1. The second-order valence-corrected chi connectivity index (χ2v) is 9.24. The summed E-state index contributed by atoms with van der Waals surface area (Å²) < 4.78 is 30.9. The topological polar surface area (TPSA) is 66.4 Å². The van der Waals surface area contributed by atoms with Gasteiger partial charge in [0.05, 0.1) is 32.5 Å². The highest BCUT2D eigenvalue weighted by molar-refractivity contribution is 5.15. The van der Waals surface area contributed by atoms with Crippen LogP contribution < -0.4 is 0 Å². The SMILES string of the molecule is CC(C)O[C@@H]1O[C@H](COCc2ccccc2)[C@@H](OCc2ccccc2)[C@H](OCc2ccccc2)[C@H]1O. The maximum absolute atomic E-state index is 11.2.